The Morgan fingerprint density at radius 1 is 1.50 bits per heavy atom. The number of benzene rings is 1. The Bertz CT molecular complexity index is 437. The number of phenolic OH excluding ortho intramolecular Hbond substituents is 1. The first kappa shape index (κ1) is 7.02. The number of phenols is 1. The van der Waals surface area contributed by atoms with Crippen LogP contribution in [0.3, 0.4) is 0 Å². The van der Waals surface area contributed by atoms with Crippen LogP contribution in [0.25, 0.3) is 11.0 Å². The zero-order valence-electron chi connectivity index (χ0n) is 6.32. The van der Waals surface area contributed by atoms with Gasteiger partial charge in [0.25, 0.3) is 0 Å². The van der Waals surface area contributed by atoms with E-state index in [9.17, 15) is 4.39 Å². The first-order valence-electron chi connectivity index (χ1n) is 3.36. The van der Waals surface area contributed by atoms with Crippen LogP contribution < -0.4 is 0 Å². The molecule has 4 nitrogen and oxygen atoms in total. The predicted octanol–water partition coefficient (Wildman–Crippen LogP) is 0.813. The maximum atomic E-state index is 13.1. The van der Waals surface area contributed by atoms with Crippen LogP contribution in [0, 0.1) is 5.82 Å². The Balaban J connectivity index is 2.93. The molecule has 0 radical (unpaired) electrons. The minimum atomic E-state index is -0.516. The molecule has 5 heteroatoms. The van der Waals surface area contributed by atoms with Crippen LogP contribution in [-0.2, 0) is 7.05 Å². The van der Waals surface area contributed by atoms with Crippen molar-refractivity contribution in [2.24, 2.45) is 7.05 Å². The van der Waals surface area contributed by atoms with Gasteiger partial charge in [-0.1, -0.05) is 5.21 Å². The van der Waals surface area contributed by atoms with Gasteiger partial charge in [0.1, 0.15) is 16.8 Å². The second kappa shape index (κ2) is 2.17. The van der Waals surface area contributed by atoms with E-state index in [-0.39, 0.29) is 5.75 Å². The first-order valence-corrected chi connectivity index (χ1v) is 3.36. The summed E-state index contributed by atoms with van der Waals surface area (Å²) in [5.41, 5.74) is 0.655. The molecule has 62 valence electrons. The summed E-state index contributed by atoms with van der Waals surface area (Å²) in [5, 5.41) is 16.3. The lowest BCUT2D eigenvalue weighted by molar-refractivity contribution is 0.470. The Hall–Kier alpha value is -1.65. The number of aromatic nitrogens is 3. The molecule has 0 saturated heterocycles. The third-order valence-corrected chi connectivity index (χ3v) is 1.64. The molecule has 0 amide bonds. The van der Waals surface area contributed by atoms with E-state index < -0.39 is 5.82 Å². The Morgan fingerprint density at radius 2 is 2.25 bits per heavy atom. The summed E-state index contributed by atoms with van der Waals surface area (Å²) in [7, 11) is 1.59. The lowest BCUT2D eigenvalue weighted by Crippen LogP contribution is -1.91. The Labute approximate surface area is 67.2 Å². The van der Waals surface area contributed by atoms with Crippen LogP contribution >= 0.6 is 0 Å². The van der Waals surface area contributed by atoms with E-state index in [1.807, 2.05) is 0 Å². The molecule has 0 fully saturated rings. The van der Waals surface area contributed by atoms with Gasteiger partial charge in [0.15, 0.2) is 5.82 Å². The normalized spacial score (nSPS) is 10.8. The highest BCUT2D eigenvalue weighted by molar-refractivity contribution is 5.76. The molecule has 0 unspecified atom stereocenters. The van der Waals surface area contributed by atoms with Crippen molar-refractivity contribution in [2.45, 2.75) is 0 Å². The van der Waals surface area contributed by atoms with E-state index in [2.05, 4.69) is 10.3 Å². The summed E-state index contributed by atoms with van der Waals surface area (Å²) >= 11 is 0. The average molecular weight is 167 g/mol. The van der Waals surface area contributed by atoms with Crippen molar-refractivity contribution in [3.63, 3.8) is 0 Å². The molecule has 2 rings (SSSR count). The maximum Gasteiger partial charge on any atom is 0.154 e. The van der Waals surface area contributed by atoms with Gasteiger partial charge in [-0.25, -0.2) is 9.07 Å². The summed E-state index contributed by atoms with van der Waals surface area (Å²) in [6.07, 6.45) is 0. The topological polar surface area (TPSA) is 50.9 Å². The van der Waals surface area contributed by atoms with E-state index in [0.717, 1.165) is 6.07 Å². The van der Waals surface area contributed by atoms with Gasteiger partial charge in [0.05, 0.1) is 0 Å². The molecule has 1 aromatic heterocycles. The second-order valence-corrected chi connectivity index (χ2v) is 2.51. The van der Waals surface area contributed by atoms with Crippen LogP contribution in [0.15, 0.2) is 12.1 Å². The lowest BCUT2D eigenvalue weighted by Gasteiger charge is -1.94. The fraction of sp³-hybridized carbons (Fsp3) is 0.143. The third-order valence-electron chi connectivity index (χ3n) is 1.64. The summed E-state index contributed by atoms with van der Waals surface area (Å²) < 4.78 is 14.4. The van der Waals surface area contributed by atoms with Crippen LogP contribution in [0.2, 0.25) is 0 Å². The van der Waals surface area contributed by atoms with E-state index >= 15 is 0 Å². The zero-order chi connectivity index (χ0) is 8.72. The standard InChI is InChI=1S/C7H6FN3O/c1-11-7-5(8)2-4(12)3-6(7)9-10-11/h2-3,12H,1H3. The molecule has 0 spiro atoms. The second-order valence-electron chi connectivity index (χ2n) is 2.51. The average Bonchev–Trinajstić information content (AvgIpc) is 2.31. The monoisotopic (exact) mass is 167 g/mol. The van der Waals surface area contributed by atoms with Crippen LogP contribution in [0.1, 0.15) is 0 Å². The highest BCUT2D eigenvalue weighted by Gasteiger charge is 2.08. The molecular formula is C7H6FN3O. The number of hydrogen-bond donors (Lipinski definition) is 1. The van der Waals surface area contributed by atoms with Gasteiger partial charge in [-0.15, -0.1) is 5.10 Å². The molecule has 12 heavy (non-hydrogen) atoms. The van der Waals surface area contributed by atoms with Crippen molar-refractivity contribution in [3.05, 3.63) is 17.9 Å². The molecule has 1 heterocycles. The van der Waals surface area contributed by atoms with E-state index in [1.54, 1.807) is 7.05 Å². The summed E-state index contributed by atoms with van der Waals surface area (Å²) in [6.45, 7) is 0. The molecule has 0 bridgehead atoms. The number of rotatable bonds is 0. The van der Waals surface area contributed by atoms with Gasteiger partial charge >= 0.3 is 0 Å². The van der Waals surface area contributed by atoms with Gasteiger partial charge in [-0.3, -0.25) is 0 Å². The highest BCUT2D eigenvalue weighted by atomic mass is 19.1. The van der Waals surface area contributed by atoms with Gasteiger partial charge in [-0.2, -0.15) is 0 Å². The third kappa shape index (κ3) is 0.827. The molecule has 0 aliphatic rings. The van der Waals surface area contributed by atoms with Crippen molar-refractivity contribution >= 4 is 11.0 Å². The van der Waals surface area contributed by atoms with Gasteiger partial charge in [0.2, 0.25) is 0 Å². The molecule has 1 aromatic carbocycles. The number of halogens is 1. The number of aryl methyl sites for hydroxylation is 1. The van der Waals surface area contributed by atoms with Crippen molar-refractivity contribution in [1.82, 2.24) is 15.0 Å². The minimum Gasteiger partial charge on any atom is -0.508 e. The van der Waals surface area contributed by atoms with Crippen LogP contribution in [0.5, 0.6) is 5.75 Å². The van der Waals surface area contributed by atoms with E-state index in [4.69, 9.17) is 5.11 Å². The molecular weight excluding hydrogens is 161 g/mol. The van der Waals surface area contributed by atoms with Gasteiger partial charge in [0, 0.05) is 19.2 Å². The Kier molecular flexibility index (Phi) is 1.27. The van der Waals surface area contributed by atoms with Gasteiger partial charge in [-0.05, 0) is 0 Å². The molecule has 0 saturated carbocycles. The first-order chi connectivity index (χ1) is 5.68. The Morgan fingerprint density at radius 3 is 3.00 bits per heavy atom. The van der Waals surface area contributed by atoms with Crippen molar-refractivity contribution in [1.29, 1.82) is 0 Å². The predicted molar refractivity (Wildman–Crippen MR) is 40.1 cm³/mol. The van der Waals surface area contributed by atoms with Gasteiger partial charge < -0.3 is 5.11 Å². The van der Waals surface area contributed by atoms with Crippen LogP contribution in [-0.4, -0.2) is 20.1 Å². The number of fused-ring (bicyclic) bond motifs is 1. The minimum absolute atomic E-state index is 0.138. The van der Waals surface area contributed by atoms with Crippen molar-refractivity contribution < 1.29 is 9.50 Å². The zero-order valence-corrected chi connectivity index (χ0v) is 6.32. The highest BCUT2D eigenvalue weighted by Crippen LogP contribution is 2.20. The quantitative estimate of drug-likeness (QED) is 0.631. The molecule has 0 aliphatic carbocycles. The summed E-state index contributed by atoms with van der Waals surface area (Å²) in [4.78, 5) is 0. The SMILES string of the molecule is Cn1nnc2cc(O)cc(F)c21. The number of nitrogens with zero attached hydrogens (tertiary/aromatic N) is 3. The smallest absolute Gasteiger partial charge is 0.154 e. The summed E-state index contributed by atoms with van der Waals surface area (Å²) in [5.74, 6) is -0.655. The molecule has 0 atom stereocenters. The fourth-order valence-electron chi connectivity index (χ4n) is 1.13. The van der Waals surface area contributed by atoms with Crippen molar-refractivity contribution in [2.75, 3.05) is 0 Å². The lowest BCUT2D eigenvalue weighted by atomic mass is 10.3. The van der Waals surface area contributed by atoms with E-state index in [1.165, 1.54) is 10.7 Å². The van der Waals surface area contributed by atoms with E-state index in [0.29, 0.717) is 11.0 Å². The molecule has 2 aromatic rings. The number of hydrogen-bond acceptors (Lipinski definition) is 3. The van der Waals surface area contributed by atoms with Crippen LogP contribution in [0.4, 0.5) is 4.39 Å². The van der Waals surface area contributed by atoms with Crippen molar-refractivity contribution in [3.8, 4) is 5.75 Å². The number of aromatic hydroxyl groups is 1. The largest absolute Gasteiger partial charge is 0.508 e. The maximum absolute atomic E-state index is 13.1. The fourth-order valence-corrected chi connectivity index (χ4v) is 1.13. The molecule has 0 aliphatic heterocycles. The summed E-state index contributed by atoms with van der Waals surface area (Å²) in [6, 6.07) is 2.40. The molecule has 1 N–H and O–H groups in total.